The minimum absolute atomic E-state index is 0.0434. The molecule has 2 aromatic heterocycles. The normalized spacial score (nSPS) is 11.4. The van der Waals surface area contributed by atoms with E-state index < -0.39 is 0 Å². The van der Waals surface area contributed by atoms with Crippen LogP contribution in [0.5, 0.6) is 0 Å². The molecule has 0 aliphatic heterocycles. The van der Waals surface area contributed by atoms with Crippen molar-refractivity contribution in [2.75, 3.05) is 5.43 Å². The van der Waals surface area contributed by atoms with E-state index >= 15 is 0 Å². The first-order valence-corrected chi connectivity index (χ1v) is 6.23. The molecular formula is C14H19N5. The SMILES string of the molecule is CC(C)(C)c1cc(NN)nc(Cc2cccnc2)n1. The molecule has 0 aliphatic rings. The minimum atomic E-state index is -0.0434. The van der Waals surface area contributed by atoms with Crippen molar-refractivity contribution < 1.29 is 0 Å². The van der Waals surface area contributed by atoms with Gasteiger partial charge in [-0.3, -0.25) is 4.98 Å². The number of hydrazine groups is 1. The molecule has 2 heterocycles. The summed E-state index contributed by atoms with van der Waals surface area (Å²) in [7, 11) is 0. The summed E-state index contributed by atoms with van der Waals surface area (Å²) >= 11 is 0. The quantitative estimate of drug-likeness (QED) is 0.650. The molecule has 0 saturated carbocycles. The Morgan fingerprint density at radius 2 is 2.05 bits per heavy atom. The Morgan fingerprint density at radius 3 is 2.63 bits per heavy atom. The summed E-state index contributed by atoms with van der Waals surface area (Å²) in [6.07, 6.45) is 4.22. The molecule has 2 aromatic rings. The van der Waals surface area contributed by atoms with Crippen LogP contribution < -0.4 is 11.3 Å². The molecule has 0 aromatic carbocycles. The van der Waals surface area contributed by atoms with Gasteiger partial charge >= 0.3 is 0 Å². The lowest BCUT2D eigenvalue weighted by Gasteiger charge is -2.19. The summed E-state index contributed by atoms with van der Waals surface area (Å²) in [4.78, 5) is 13.1. The zero-order valence-electron chi connectivity index (χ0n) is 11.5. The smallest absolute Gasteiger partial charge is 0.143 e. The van der Waals surface area contributed by atoms with Crippen molar-refractivity contribution in [3.8, 4) is 0 Å². The van der Waals surface area contributed by atoms with Crippen LogP contribution in [0, 0.1) is 0 Å². The van der Waals surface area contributed by atoms with E-state index in [1.54, 1.807) is 6.20 Å². The van der Waals surface area contributed by atoms with E-state index in [0.717, 1.165) is 17.1 Å². The van der Waals surface area contributed by atoms with Gasteiger partial charge in [0.25, 0.3) is 0 Å². The minimum Gasteiger partial charge on any atom is -0.308 e. The average molecular weight is 257 g/mol. The molecule has 0 atom stereocenters. The summed E-state index contributed by atoms with van der Waals surface area (Å²) in [5.41, 5.74) is 4.60. The van der Waals surface area contributed by atoms with Crippen molar-refractivity contribution >= 4 is 5.82 Å². The lowest BCUT2D eigenvalue weighted by atomic mass is 9.92. The van der Waals surface area contributed by atoms with Gasteiger partial charge in [-0.2, -0.15) is 0 Å². The van der Waals surface area contributed by atoms with Crippen LogP contribution in [0.1, 0.15) is 37.9 Å². The van der Waals surface area contributed by atoms with E-state index in [1.165, 1.54) is 0 Å². The van der Waals surface area contributed by atoms with Crippen molar-refractivity contribution in [1.82, 2.24) is 15.0 Å². The fourth-order valence-corrected chi connectivity index (χ4v) is 1.72. The molecule has 100 valence electrons. The predicted octanol–water partition coefficient (Wildman–Crippen LogP) is 2.05. The molecule has 0 amide bonds. The van der Waals surface area contributed by atoms with Gasteiger partial charge in [0.15, 0.2) is 0 Å². The summed E-state index contributed by atoms with van der Waals surface area (Å²) in [5, 5.41) is 0. The zero-order chi connectivity index (χ0) is 13.9. The van der Waals surface area contributed by atoms with Gasteiger partial charge in [-0.05, 0) is 11.6 Å². The van der Waals surface area contributed by atoms with Gasteiger partial charge in [0.2, 0.25) is 0 Å². The van der Waals surface area contributed by atoms with E-state index in [2.05, 4.69) is 41.1 Å². The third-order valence-corrected chi connectivity index (χ3v) is 2.77. The van der Waals surface area contributed by atoms with E-state index in [1.807, 2.05) is 24.4 Å². The number of nitrogens with two attached hydrogens (primary N) is 1. The van der Waals surface area contributed by atoms with Crippen molar-refractivity contribution in [3.63, 3.8) is 0 Å². The molecule has 0 unspecified atom stereocenters. The third kappa shape index (κ3) is 3.48. The Kier molecular flexibility index (Phi) is 3.76. The number of anilines is 1. The highest BCUT2D eigenvalue weighted by Crippen LogP contribution is 2.22. The molecule has 3 N–H and O–H groups in total. The van der Waals surface area contributed by atoms with Crippen molar-refractivity contribution in [1.29, 1.82) is 0 Å². The molecule has 5 heteroatoms. The standard InChI is InChI=1S/C14H19N5/c1-14(2,3)11-8-13(19-15)18-12(17-11)7-10-5-4-6-16-9-10/h4-6,8-9H,7,15H2,1-3H3,(H,17,18,19). The summed E-state index contributed by atoms with van der Waals surface area (Å²) in [6, 6.07) is 5.80. The number of pyridine rings is 1. The Hall–Kier alpha value is -2.01. The highest BCUT2D eigenvalue weighted by Gasteiger charge is 2.17. The van der Waals surface area contributed by atoms with Crippen molar-refractivity contribution in [2.24, 2.45) is 5.84 Å². The van der Waals surface area contributed by atoms with Crippen LogP contribution in [0.2, 0.25) is 0 Å². The van der Waals surface area contributed by atoms with Crippen LogP contribution in [0.25, 0.3) is 0 Å². The van der Waals surface area contributed by atoms with Crippen molar-refractivity contribution in [2.45, 2.75) is 32.6 Å². The van der Waals surface area contributed by atoms with E-state index in [4.69, 9.17) is 5.84 Å². The number of nitrogen functional groups attached to an aromatic ring is 1. The first-order valence-electron chi connectivity index (χ1n) is 6.23. The van der Waals surface area contributed by atoms with Crippen LogP contribution in [-0.4, -0.2) is 15.0 Å². The van der Waals surface area contributed by atoms with Gasteiger partial charge in [0, 0.05) is 30.3 Å². The van der Waals surface area contributed by atoms with E-state index in [0.29, 0.717) is 12.2 Å². The maximum atomic E-state index is 5.47. The van der Waals surface area contributed by atoms with Gasteiger partial charge in [-0.1, -0.05) is 26.8 Å². The van der Waals surface area contributed by atoms with Gasteiger partial charge in [0.05, 0.1) is 5.69 Å². The number of nitrogens with one attached hydrogen (secondary N) is 1. The first-order chi connectivity index (χ1) is 8.99. The van der Waals surface area contributed by atoms with Crippen LogP contribution in [-0.2, 0) is 11.8 Å². The Morgan fingerprint density at radius 1 is 1.26 bits per heavy atom. The number of hydrogen-bond donors (Lipinski definition) is 2. The molecule has 0 radical (unpaired) electrons. The first kappa shape index (κ1) is 13.4. The summed E-state index contributed by atoms with van der Waals surface area (Å²) < 4.78 is 0. The van der Waals surface area contributed by atoms with E-state index in [9.17, 15) is 0 Å². The van der Waals surface area contributed by atoms with Crippen LogP contribution in [0.3, 0.4) is 0 Å². The Labute approximate surface area is 113 Å². The Balaban J connectivity index is 2.35. The third-order valence-electron chi connectivity index (χ3n) is 2.77. The number of hydrogen-bond acceptors (Lipinski definition) is 5. The summed E-state index contributed by atoms with van der Waals surface area (Å²) in [5.74, 6) is 6.85. The van der Waals surface area contributed by atoms with Gasteiger partial charge in [0.1, 0.15) is 11.6 Å². The maximum Gasteiger partial charge on any atom is 0.143 e. The topological polar surface area (TPSA) is 76.7 Å². The second-order valence-corrected chi connectivity index (χ2v) is 5.49. The predicted molar refractivity (Wildman–Crippen MR) is 75.6 cm³/mol. The molecule has 0 bridgehead atoms. The van der Waals surface area contributed by atoms with Crippen LogP contribution in [0.15, 0.2) is 30.6 Å². The molecular weight excluding hydrogens is 238 g/mol. The number of rotatable bonds is 3. The second-order valence-electron chi connectivity index (χ2n) is 5.49. The number of nitrogens with zero attached hydrogens (tertiary/aromatic N) is 3. The van der Waals surface area contributed by atoms with Crippen LogP contribution >= 0.6 is 0 Å². The largest absolute Gasteiger partial charge is 0.308 e. The molecule has 5 nitrogen and oxygen atoms in total. The number of aromatic nitrogens is 3. The maximum absolute atomic E-state index is 5.47. The lowest BCUT2D eigenvalue weighted by molar-refractivity contribution is 0.563. The summed E-state index contributed by atoms with van der Waals surface area (Å²) in [6.45, 7) is 6.34. The molecule has 2 rings (SSSR count). The van der Waals surface area contributed by atoms with E-state index in [-0.39, 0.29) is 5.41 Å². The Bertz CT molecular complexity index is 546. The van der Waals surface area contributed by atoms with Gasteiger partial charge in [-0.15, -0.1) is 0 Å². The van der Waals surface area contributed by atoms with Gasteiger partial charge < -0.3 is 5.43 Å². The monoisotopic (exact) mass is 257 g/mol. The fourth-order valence-electron chi connectivity index (χ4n) is 1.72. The molecule has 0 spiro atoms. The fraction of sp³-hybridized carbons (Fsp3) is 0.357. The molecule has 19 heavy (non-hydrogen) atoms. The average Bonchev–Trinajstić information content (AvgIpc) is 2.38. The van der Waals surface area contributed by atoms with Crippen LogP contribution in [0.4, 0.5) is 5.82 Å². The highest BCUT2D eigenvalue weighted by molar-refractivity contribution is 5.37. The molecule has 0 fully saturated rings. The molecule has 0 saturated heterocycles. The second kappa shape index (κ2) is 5.32. The molecule has 0 aliphatic carbocycles. The zero-order valence-corrected chi connectivity index (χ0v) is 11.5. The van der Waals surface area contributed by atoms with Gasteiger partial charge in [-0.25, -0.2) is 15.8 Å². The highest BCUT2D eigenvalue weighted by atomic mass is 15.3. The lowest BCUT2D eigenvalue weighted by Crippen LogP contribution is -2.18. The van der Waals surface area contributed by atoms with Crippen molar-refractivity contribution in [3.05, 3.63) is 47.7 Å².